The van der Waals surface area contributed by atoms with Gasteiger partial charge in [0.2, 0.25) is 0 Å². The first-order valence-corrected chi connectivity index (χ1v) is 5.51. The van der Waals surface area contributed by atoms with E-state index in [9.17, 15) is 13.6 Å². The lowest BCUT2D eigenvalue weighted by atomic mass is 10.1. The van der Waals surface area contributed by atoms with Crippen molar-refractivity contribution in [3.05, 3.63) is 0 Å². The van der Waals surface area contributed by atoms with Crippen LogP contribution < -0.4 is 0 Å². The Labute approximate surface area is 92.5 Å². The molecule has 0 aromatic heterocycles. The van der Waals surface area contributed by atoms with E-state index in [-0.39, 0.29) is 25.1 Å². The van der Waals surface area contributed by atoms with Crippen LogP contribution in [0.1, 0.15) is 19.3 Å². The van der Waals surface area contributed by atoms with Crippen LogP contribution in [-0.2, 0) is 14.3 Å². The van der Waals surface area contributed by atoms with Gasteiger partial charge in [-0.25, -0.2) is 0 Å². The van der Waals surface area contributed by atoms with Crippen molar-refractivity contribution in [2.24, 2.45) is 0 Å². The predicted molar refractivity (Wildman–Crippen MR) is 51.0 cm³/mol. The van der Waals surface area contributed by atoms with Crippen LogP contribution in [0.2, 0.25) is 0 Å². The number of amides is 1. The molecule has 0 aromatic rings. The fourth-order valence-electron chi connectivity index (χ4n) is 1.99. The lowest BCUT2D eigenvalue weighted by Crippen LogP contribution is -2.58. The first-order valence-electron chi connectivity index (χ1n) is 5.51. The molecule has 2 aliphatic heterocycles. The predicted octanol–water partition coefficient (Wildman–Crippen LogP) is 1.01. The zero-order valence-electron chi connectivity index (χ0n) is 8.90. The summed E-state index contributed by atoms with van der Waals surface area (Å²) < 4.78 is 33.3. The molecule has 4 nitrogen and oxygen atoms in total. The summed E-state index contributed by atoms with van der Waals surface area (Å²) in [6, 6.07) is 0. The molecule has 6 heteroatoms. The molecule has 0 aliphatic carbocycles. The number of carbonyl (C=O) groups excluding carboxylic acids is 1. The van der Waals surface area contributed by atoms with Gasteiger partial charge in [0.15, 0.2) is 0 Å². The molecular formula is C10H15F2NO3. The topological polar surface area (TPSA) is 38.8 Å². The van der Waals surface area contributed by atoms with E-state index in [4.69, 9.17) is 4.74 Å². The van der Waals surface area contributed by atoms with Crippen LogP contribution in [0, 0.1) is 0 Å². The second kappa shape index (κ2) is 5.05. The van der Waals surface area contributed by atoms with Crippen molar-refractivity contribution in [3.63, 3.8) is 0 Å². The van der Waals surface area contributed by atoms with Crippen LogP contribution in [0.3, 0.4) is 0 Å². The van der Waals surface area contributed by atoms with Gasteiger partial charge in [0.05, 0.1) is 6.10 Å². The van der Waals surface area contributed by atoms with Crippen LogP contribution in [0.5, 0.6) is 0 Å². The molecule has 2 saturated heterocycles. The van der Waals surface area contributed by atoms with Gasteiger partial charge in [-0.1, -0.05) is 0 Å². The minimum atomic E-state index is -2.76. The van der Waals surface area contributed by atoms with E-state index >= 15 is 0 Å². The van der Waals surface area contributed by atoms with Gasteiger partial charge in [0.25, 0.3) is 5.91 Å². The molecule has 0 saturated carbocycles. The number of hydrogen-bond acceptors (Lipinski definition) is 3. The second-order valence-corrected chi connectivity index (χ2v) is 4.12. The van der Waals surface area contributed by atoms with Gasteiger partial charge < -0.3 is 14.4 Å². The molecule has 16 heavy (non-hydrogen) atoms. The summed E-state index contributed by atoms with van der Waals surface area (Å²) in [5.41, 5.74) is 0. The zero-order valence-corrected chi connectivity index (χ0v) is 8.90. The summed E-state index contributed by atoms with van der Waals surface area (Å²) in [5, 5.41) is 0. The third kappa shape index (κ3) is 2.68. The molecule has 0 spiro atoms. The maximum Gasteiger partial charge on any atom is 0.345 e. The highest BCUT2D eigenvalue weighted by Gasteiger charge is 2.37. The minimum absolute atomic E-state index is 0.0891. The molecule has 1 atom stereocenters. The summed E-state index contributed by atoms with van der Waals surface area (Å²) in [7, 11) is 0. The highest BCUT2D eigenvalue weighted by Crippen LogP contribution is 2.20. The Bertz CT molecular complexity index is 250. The van der Waals surface area contributed by atoms with Crippen LogP contribution in [-0.4, -0.2) is 49.3 Å². The van der Waals surface area contributed by atoms with E-state index in [0.717, 1.165) is 19.3 Å². The van der Waals surface area contributed by atoms with Crippen molar-refractivity contribution in [1.29, 1.82) is 0 Å². The normalized spacial score (nSPS) is 26.9. The monoisotopic (exact) mass is 235 g/mol. The van der Waals surface area contributed by atoms with Crippen molar-refractivity contribution >= 4 is 5.91 Å². The van der Waals surface area contributed by atoms with E-state index in [1.807, 2.05) is 0 Å². The van der Waals surface area contributed by atoms with Gasteiger partial charge in [-0.05, 0) is 19.3 Å². The molecule has 2 aliphatic rings. The van der Waals surface area contributed by atoms with Crippen LogP contribution in [0.4, 0.5) is 8.78 Å². The fourth-order valence-corrected chi connectivity index (χ4v) is 1.99. The zero-order chi connectivity index (χ0) is 11.5. The average molecular weight is 235 g/mol. The highest BCUT2D eigenvalue weighted by molar-refractivity contribution is 5.81. The lowest BCUT2D eigenvalue weighted by molar-refractivity contribution is -0.203. The van der Waals surface area contributed by atoms with Crippen LogP contribution >= 0.6 is 0 Å². The number of likely N-dealkylation sites (tertiary alicyclic amines) is 1. The number of rotatable bonds is 3. The van der Waals surface area contributed by atoms with Crippen molar-refractivity contribution < 1.29 is 23.0 Å². The van der Waals surface area contributed by atoms with E-state index in [0.29, 0.717) is 6.61 Å². The third-order valence-electron chi connectivity index (χ3n) is 2.91. The standard InChI is InChI=1S/C10H15F2NO3/c11-10(12)16-7-5-13(6-7)9(14)8-3-1-2-4-15-8/h7-8,10H,1-6H2. The Morgan fingerprint density at radius 3 is 2.69 bits per heavy atom. The fraction of sp³-hybridized carbons (Fsp3) is 0.900. The minimum Gasteiger partial charge on any atom is -0.368 e. The molecule has 2 heterocycles. The quantitative estimate of drug-likeness (QED) is 0.732. The average Bonchev–Trinajstić information content (AvgIpc) is 2.23. The van der Waals surface area contributed by atoms with E-state index in [1.54, 1.807) is 0 Å². The Kier molecular flexibility index (Phi) is 3.70. The van der Waals surface area contributed by atoms with Gasteiger partial charge in [0.1, 0.15) is 6.10 Å². The van der Waals surface area contributed by atoms with Gasteiger partial charge in [-0.2, -0.15) is 8.78 Å². The van der Waals surface area contributed by atoms with Gasteiger partial charge in [-0.15, -0.1) is 0 Å². The Morgan fingerprint density at radius 2 is 2.12 bits per heavy atom. The van der Waals surface area contributed by atoms with Crippen molar-refractivity contribution in [2.75, 3.05) is 19.7 Å². The Morgan fingerprint density at radius 1 is 1.38 bits per heavy atom. The van der Waals surface area contributed by atoms with Gasteiger partial charge in [-0.3, -0.25) is 4.79 Å². The van der Waals surface area contributed by atoms with Crippen LogP contribution in [0.15, 0.2) is 0 Å². The maximum absolute atomic E-state index is 11.8. The Balaban J connectivity index is 1.72. The molecule has 1 unspecified atom stereocenters. The molecule has 0 aromatic carbocycles. The van der Waals surface area contributed by atoms with E-state index < -0.39 is 12.7 Å². The van der Waals surface area contributed by atoms with Crippen molar-refractivity contribution in [2.45, 2.75) is 38.1 Å². The second-order valence-electron chi connectivity index (χ2n) is 4.12. The first kappa shape index (κ1) is 11.7. The molecule has 0 radical (unpaired) electrons. The van der Waals surface area contributed by atoms with Crippen LogP contribution in [0.25, 0.3) is 0 Å². The summed E-state index contributed by atoms with van der Waals surface area (Å²) >= 11 is 0. The molecule has 0 N–H and O–H groups in total. The number of hydrogen-bond donors (Lipinski definition) is 0. The van der Waals surface area contributed by atoms with Gasteiger partial charge >= 0.3 is 6.61 Å². The summed E-state index contributed by atoms with van der Waals surface area (Å²) in [4.78, 5) is 13.3. The third-order valence-corrected chi connectivity index (χ3v) is 2.91. The molecule has 2 fully saturated rings. The first-order chi connectivity index (χ1) is 7.66. The molecule has 2 rings (SSSR count). The molecule has 1 amide bonds. The van der Waals surface area contributed by atoms with E-state index in [1.165, 1.54) is 4.90 Å². The highest BCUT2D eigenvalue weighted by atomic mass is 19.3. The SMILES string of the molecule is O=C(C1CCCCO1)N1CC(OC(F)F)C1. The van der Waals surface area contributed by atoms with Crippen molar-refractivity contribution in [1.82, 2.24) is 4.90 Å². The number of ether oxygens (including phenoxy) is 2. The van der Waals surface area contributed by atoms with E-state index in [2.05, 4.69) is 4.74 Å². The lowest BCUT2D eigenvalue weighted by Gasteiger charge is -2.40. The summed E-state index contributed by atoms with van der Waals surface area (Å²) in [5.74, 6) is -0.0891. The van der Waals surface area contributed by atoms with Crippen molar-refractivity contribution in [3.8, 4) is 0 Å². The largest absolute Gasteiger partial charge is 0.368 e. The smallest absolute Gasteiger partial charge is 0.345 e. The Hall–Kier alpha value is -0.750. The molecular weight excluding hydrogens is 220 g/mol. The number of halogens is 2. The summed E-state index contributed by atoms with van der Waals surface area (Å²) in [6.07, 6.45) is 1.81. The maximum atomic E-state index is 11.8. The number of alkyl halides is 2. The summed E-state index contributed by atoms with van der Waals surface area (Å²) in [6.45, 7) is -1.64. The molecule has 92 valence electrons. The molecule has 0 bridgehead atoms. The number of carbonyl (C=O) groups is 1. The van der Waals surface area contributed by atoms with Gasteiger partial charge in [0, 0.05) is 19.7 Å². The number of nitrogens with zero attached hydrogens (tertiary/aromatic N) is 1.